The number of hydrogen-bond acceptors (Lipinski definition) is 6. The van der Waals surface area contributed by atoms with Crippen molar-refractivity contribution >= 4 is 11.6 Å². The Hall–Kier alpha value is -1.40. The molecule has 6 nitrogen and oxygen atoms in total. The fraction of sp³-hybridized carbons (Fsp3) is 0.765. The molecular formula is C17H28N4O2. The molecule has 0 aliphatic carbocycles. The molecule has 1 atom stereocenters. The first kappa shape index (κ1) is 16.5. The first-order valence-electron chi connectivity index (χ1n) is 8.64. The minimum absolute atomic E-state index is 0.150. The molecule has 3 heterocycles. The van der Waals surface area contributed by atoms with Crippen LogP contribution in [0, 0.1) is 5.92 Å². The van der Waals surface area contributed by atoms with Crippen LogP contribution in [0.15, 0.2) is 12.4 Å². The molecule has 1 aromatic rings. The Morgan fingerprint density at radius 3 is 2.96 bits per heavy atom. The maximum atomic E-state index is 5.76. The van der Waals surface area contributed by atoms with E-state index in [9.17, 15) is 0 Å². The van der Waals surface area contributed by atoms with Crippen LogP contribution in [0.4, 0.5) is 11.6 Å². The third-order valence-electron chi connectivity index (χ3n) is 5.06. The molecule has 2 fully saturated rings. The van der Waals surface area contributed by atoms with Crippen molar-refractivity contribution < 1.29 is 9.47 Å². The van der Waals surface area contributed by atoms with Crippen LogP contribution in [0.1, 0.15) is 32.6 Å². The van der Waals surface area contributed by atoms with Gasteiger partial charge in [-0.1, -0.05) is 6.92 Å². The molecule has 2 saturated heterocycles. The maximum absolute atomic E-state index is 5.76. The molecule has 0 saturated carbocycles. The zero-order valence-electron chi connectivity index (χ0n) is 14.3. The highest BCUT2D eigenvalue weighted by molar-refractivity contribution is 5.48. The molecule has 6 heteroatoms. The van der Waals surface area contributed by atoms with Crippen LogP contribution < -0.4 is 10.2 Å². The van der Waals surface area contributed by atoms with E-state index in [0.29, 0.717) is 0 Å². The van der Waals surface area contributed by atoms with Gasteiger partial charge in [0.1, 0.15) is 18.0 Å². The summed E-state index contributed by atoms with van der Waals surface area (Å²) in [7, 11) is 1.79. The van der Waals surface area contributed by atoms with Crippen LogP contribution in [0.5, 0.6) is 0 Å². The molecule has 0 radical (unpaired) electrons. The molecule has 0 bridgehead atoms. The summed E-state index contributed by atoms with van der Waals surface area (Å²) in [5.74, 6) is 2.62. The Bertz CT molecular complexity index is 505. The molecule has 2 aliphatic rings. The number of hydrogen-bond donors (Lipinski definition) is 1. The van der Waals surface area contributed by atoms with Crippen molar-refractivity contribution in [1.82, 2.24) is 9.97 Å². The van der Waals surface area contributed by atoms with Gasteiger partial charge in [-0.2, -0.15) is 0 Å². The van der Waals surface area contributed by atoms with Gasteiger partial charge in [0.05, 0.1) is 5.60 Å². The monoisotopic (exact) mass is 320 g/mol. The second kappa shape index (κ2) is 7.45. The van der Waals surface area contributed by atoms with Gasteiger partial charge in [0, 0.05) is 58.9 Å². The molecule has 1 unspecified atom stereocenters. The summed E-state index contributed by atoms with van der Waals surface area (Å²) in [6.07, 6.45) is 6.03. The van der Waals surface area contributed by atoms with Gasteiger partial charge in [-0.25, -0.2) is 9.97 Å². The molecule has 0 spiro atoms. The summed E-state index contributed by atoms with van der Waals surface area (Å²) >= 11 is 0. The lowest BCUT2D eigenvalue weighted by Gasteiger charge is -2.36. The van der Waals surface area contributed by atoms with E-state index in [1.807, 2.05) is 0 Å². The minimum Gasteiger partial charge on any atom is -0.381 e. The molecule has 23 heavy (non-hydrogen) atoms. The molecule has 3 rings (SSSR count). The Morgan fingerprint density at radius 1 is 1.39 bits per heavy atom. The lowest BCUT2D eigenvalue weighted by atomic mass is 9.94. The molecule has 0 aromatic carbocycles. The van der Waals surface area contributed by atoms with E-state index >= 15 is 0 Å². The minimum atomic E-state index is -0.150. The van der Waals surface area contributed by atoms with Gasteiger partial charge in [0.2, 0.25) is 0 Å². The van der Waals surface area contributed by atoms with E-state index in [1.54, 1.807) is 13.4 Å². The second-order valence-corrected chi connectivity index (χ2v) is 6.81. The van der Waals surface area contributed by atoms with Crippen LogP contribution in [0.2, 0.25) is 0 Å². The molecule has 2 aliphatic heterocycles. The van der Waals surface area contributed by atoms with Crippen molar-refractivity contribution in [2.24, 2.45) is 5.92 Å². The summed E-state index contributed by atoms with van der Waals surface area (Å²) in [6.45, 7) is 6.74. The Morgan fingerprint density at radius 2 is 2.22 bits per heavy atom. The number of ether oxygens (including phenoxy) is 2. The number of rotatable bonds is 5. The number of nitrogens with one attached hydrogen (secondary N) is 1. The van der Waals surface area contributed by atoms with Crippen LogP contribution in [0.25, 0.3) is 0 Å². The highest BCUT2D eigenvalue weighted by Gasteiger charge is 2.32. The summed E-state index contributed by atoms with van der Waals surface area (Å²) in [5, 5.41) is 3.44. The lowest BCUT2D eigenvalue weighted by Crippen LogP contribution is -2.44. The Labute approximate surface area is 138 Å². The average molecular weight is 320 g/mol. The van der Waals surface area contributed by atoms with Crippen molar-refractivity contribution in [3.63, 3.8) is 0 Å². The summed E-state index contributed by atoms with van der Waals surface area (Å²) < 4.78 is 11.2. The van der Waals surface area contributed by atoms with Gasteiger partial charge >= 0.3 is 0 Å². The topological polar surface area (TPSA) is 59.5 Å². The zero-order valence-corrected chi connectivity index (χ0v) is 14.3. The summed E-state index contributed by atoms with van der Waals surface area (Å²) in [6, 6.07) is 2.06. The van der Waals surface area contributed by atoms with Crippen LogP contribution in [-0.4, -0.2) is 55.5 Å². The fourth-order valence-corrected chi connectivity index (χ4v) is 3.46. The third kappa shape index (κ3) is 4.12. The number of anilines is 2. The third-order valence-corrected chi connectivity index (χ3v) is 5.06. The van der Waals surface area contributed by atoms with Crippen LogP contribution in [0.3, 0.4) is 0 Å². The van der Waals surface area contributed by atoms with Crippen molar-refractivity contribution in [2.75, 3.05) is 50.2 Å². The van der Waals surface area contributed by atoms with Gasteiger partial charge in [-0.3, -0.25) is 0 Å². The molecular weight excluding hydrogens is 292 g/mol. The quantitative estimate of drug-likeness (QED) is 0.898. The predicted molar refractivity (Wildman–Crippen MR) is 90.9 cm³/mol. The standard InChI is InChI=1S/C17H28N4O2/c1-14-4-3-7-21(11-14)16-10-15(19-13-20-16)18-12-17(22-2)5-8-23-9-6-17/h10,13-14H,3-9,11-12H2,1-2H3,(H,18,19,20). The first-order valence-corrected chi connectivity index (χ1v) is 8.64. The Kier molecular flexibility index (Phi) is 5.33. The predicted octanol–water partition coefficient (Wildman–Crippen LogP) is 2.32. The number of piperidine rings is 1. The molecule has 128 valence electrons. The van der Waals surface area contributed by atoms with Crippen molar-refractivity contribution in [1.29, 1.82) is 0 Å². The molecule has 0 amide bonds. The number of methoxy groups -OCH3 is 1. The Balaban J connectivity index is 1.63. The zero-order chi connectivity index (χ0) is 16.1. The smallest absolute Gasteiger partial charge is 0.134 e. The molecule has 1 aromatic heterocycles. The highest BCUT2D eigenvalue weighted by atomic mass is 16.5. The number of nitrogens with zero attached hydrogens (tertiary/aromatic N) is 3. The number of aromatic nitrogens is 2. The molecule has 1 N–H and O–H groups in total. The first-order chi connectivity index (χ1) is 11.2. The normalized spacial score (nSPS) is 24.4. The van der Waals surface area contributed by atoms with Crippen molar-refractivity contribution in [3.8, 4) is 0 Å². The van der Waals surface area contributed by atoms with Gasteiger partial charge in [-0.15, -0.1) is 0 Å². The van der Waals surface area contributed by atoms with Gasteiger partial charge in [-0.05, 0) is 18.8 Å². The highest BCUT2D eigenvalue weighted by Crippen LogP contribution is 2.26. The van der Waals surface area contributed by atoms with E-state index in [4.69, 9.17) is 9.47 Å². The lowest BCUT2D eigenvalue weighted by molar-refractivity contribution is -0.0807. The largest absolute Gasteiger partial charge is 0.381 e. The summed E-state index contributed by atoms with van der Waals surface area (Å²) in [4.78, 5) is 11.2. The maximum Gasteiger partial charge on any atom is 0.134 e. The average Bonchev–Trinajstić information content (AvgIpc) is 2.61. The van der Waals surface area contributed by atoms with Crippen molar-refractivity contribution in [3.05, 3.63) is 12.4 Å². The van der Waals surface area contributed by atoms with Gasteiger partial charge in [0.25, 0.3) is 0 Å². The van der Waals surface area contributed by atoms with E-state index in [-0.39, 0.29) is 5.60 Å². The van der Waals surface area contributed by atoms with Gasteiger partial charge in [0.15, 0.2) is 0 Å². The van der Waals surface area contributed by atoms with E-state index in [1.165, 1.54) is 12.8 Å². The van der Waals surface area contributed by atoms with E-state index in [2.05, 4.69) is 33.2 Å². The van der Waals surface area contributed by atoms with E-state index < -0.39 is 0 Å². The SMILES string of the molecule is COC1(CNc2cc(N3CCCC(C)C3)ncn2)CCOCC1. The fourth-order valence-electron chi connectivity index (χ4n) is 3.46. The van der Waals surface area contributed by atoms with E-state index in [0.717, 1.165) is 63.2 Å². The second-order valence-electron chi connectivity index (χ2n) is 6.81. The van der Waals surface area contributed by atoms with Gasteiger partial charge < -0.3 is 19.7 Å². The van der Waals surface area contributed by atoms with Crippen LogP contribution >= 0.6 is 0 Å². The van der Waals surface area contributed by atoms with Crippen LogP contribution in [-0.2, 0) is 9.47 Å². The summed E-state index contributed by atoms with van der Waals surface area (Å²) in [5.41, 5.74) is -0.150. The van der Waals surface area contributed by atoms with Crippen molar-refractivity contribution in [2.45, 2.75) is 38.2 Å².